The van der Waals surface area contributed by atoms with Crippen molar-refractivity contribution in [2.45, 2.75) is 58.7 Å². The number of amides is 2. The van der Waals surface area contributed by atoms with Crippen LogP contribution in [0, 0.1) is 11.8 Å². The molecule has 2 N–H and O–H groups in total. The lowest BCUT2D eigenvalue weighted by atomic mass is 9.90. The van der Waals surface area contributed by atoms with E-state index in [9.17, 15) is 14.4 Å². The van der Waals surface area contributed by atoms with E-state index >= 15 is 0 Å². The van der Waals surface area contributed by atoms with E-state index in [0.717, 1.165) is 0 Å². The Morgan fingerprint density at radius 3 is 2.44 bits per heavy atom. The van der Waals surface area contributed by atoms with Gasteiger partial charge in [-0.05, 0) is 36.8 Å². The van der Waals surface area contributed by atoms with Crippen molar-refractivity contribution >= 4 is 17.6 Å². The Balaban J connectivity index is 2.12. The maximum Gasteiger partial charge on any atom is 0.251 e. The summed E-state index contributed by atoms with van der Waals surface area (Å²) >= 11 is 0. The van der Waals surface area contributed by atoms with Gasteiger partial charge in [-0.25, -0.2) is 0 Å². The minimum atomic E-state index is -0.707. The van der Waals surface area contributed by atoms with E-state index in [1.54, 1.807) is 24.3 Å². The molecule has 1 aliphatic rings. The van der Waals surface area contributed by atoms with Crippen molar-refractivity contribution in [2.24, 2.45) is 11.8 Å². The summed E-state index contributed by atoms with van der Waals surface area (Å²) in [4.78, 5) is 37.5. The van der Waals surface area contributed by atoms with Crippen LogP contribution < -0.4 is 10.6 Å². The van der Waals surface area contributed by atoms with Crippen LogP contribution in [0.3, 0.4) is 0 Å². The summed E-state index contributed by atoms with van der Waals surface area (Å²) < 4.78 is 5.43. The molecule has 2 amide bonds. The summed E-state index contributed by atoms with van der Waals surface area (Å²) in [5, 5.41) is 5.64. The lowest BCUT2D eigenvalue weighted by molar-refractivity contribution is -0.128. The van der Waals surface area contributed by atoms with E-state index in [1.807, 2.05) is 13.0 Å². The highest BCUT2D eigenvalue weighted by atomic mass is 16.5. The van der Waals surface area contributed by atoms with Crippen LogP contribution >= 0.6 is 0 Å². The molecule has 1 aliphatic heterocycles. The Kier molecular flexibility index (Phi) is 7.54. The number of benzene rings is 1. The topological polar surface area (TPSA) is 84.5 Å². The van der Waals surface area contributed by atoms with Crippen molar-refractivity contribution in [1.29, 1.82) is 0 Å². The van der Waals surface area contributed by atoms with Crippen LogP contribution in [0.2, 0.25) is 0 Å². The first-order valence-corrected chi connectivity index (χ1v) is 9.64. The summed E-state index contributed by atoms with van der Waals surface area (Å²) in [6, 6.07) is 7.45. The maximum absolute atomic E-state index is 12.9. The Morgan fingerprint density at radius 1 is 1.19 bits per heavy atom. The van der Waals surface area contributed by atoms with Crippen molar-refractivity contribution in [2.75, 3.05) is 6.61 Å². The highest BCUT2D eigenvalue weighted by Gasteiger charge is 2.37. The van der Waals surface area contributed by atoms with Crippen molar-refractivity contribution in [3.05, 3.63) is 35.9 Å². The van der Waals surface area contributed by atoms with Crippen LogP contribution in [-0.4, -0.2) is 42.4 Å². The molecule has 1 saturated heterocycles. The Hall–Kier alpha value is -2.21. The zero-order chi connectivity index (χ0) is 20.0. The summed E-state index contributed by atoms with van der Waals surface area (Å²) in [7, 11) is 0. The number of ketones is 1. The molecule has 27 heavy (non-hydrogen) atoms. The van der Waals surface area contributed by atoms with Crippen LogP contribution in [-0.2, 0) is 14.3 Å². The third kappa shape index (κ3) is 5.63. The highest BCUT2D eigenvalue weighted by molar-refractivity contribution is 5.98. The highest BCUT2D eigenvalue weighted by Crippen LogP contribution is 2.18. The summed E-state index contributed by atoms with van der Waals surface area (Å²) in [5.74, 6) is -0.162. The molecular weight excluding hydrogens is 344 g/mol. The number of nitrogens with one attached hydrogen (secondary N) is 2. The smallest absolute Gasteiger partial charge is 0.251 e. The molecule has 1 aromatic rings. The van der Waals surface area contributed by atoms with Crippen LogP contribution in [0.1, 0.15) is 50.9 Å². The molecule has 0 aromatic heterocycles. The van der Waals surface area contributed by atoms with Gasteiger partial charge in [-0.3, -0.25) is 14.4 Å². The second kappa shape index (κ2) is 9.65. The zero-order valence-electron chi connectivity index (χ0n) is 16.5. The van der Waals surface area contributed by atoms with Crippen LogP contribution in [0.15, 0.2) is 30.3 Å². The minimum absolute atomic E-state index is 0.0207. The Labute approximate surface area is 161 Å². The van der Waals surface area contributed by atoms with Gasteiger partial charge in [0.1, 0.15) is 18.7 Å². The molecule has 148 valence electrons. The number of rotatable bonds is 8. The number of hydrogen-bond acceptors (Lipinski definition) is 4. The summed E-state index contributed by atoms with van der Waals surface area (Å²) in [6.45, 7) is 8.16. The molecule has 0 spiro atoms. The molecule has 2 rings (SSSR count). The quantitative estimate of drug-likeness (QED) is 0.731. The predicted molar refractivity (Wildman–Crippen MR) is 103 cm³/mol. The lowest BCUT2D eigenvalue weighted by Crippen LogP contribution is -2.53. The van der Waals surface area contributed by atoms with Gasteiger partial charge in [0.05, 0.1) is 6.10 Å². The monoisotopic (exact) mass is 374 g/mol. The fourth-order valence-electron chi connectivity index (χ4n) is 3.07. The second-order valence-electron chi connectivity index (χ2n) is 7.56. The SMILES string of the molecule is CC[C@@H]1OCC(=O)C1NC(=O)C(CC(C)C(C)C)NC(=O)c1ccccc1. The molecule has 0 bridgehead atoms. The largest absolute Gasteiger partial charge is 0.368 e. The number of carbonyl (C=O) groups excluding carboxylic acids is 3. The maximum atomic E-state index is 12.9. The summed E-state index contributed by atoms with van der Waals surface area (Å²) in [6.07, 6.45) is 0.829. The first-order chi connectivity index (χ1) is 12.8. The van der Waals surface area contributed by atoms with Crippen LogP contribution in [0.5, 0.6) is 0 Å². The average Bonchev–Trinajstić information content (AvgIpc) is 3.01. The predicted octanol–water partition coefficient (Wildman–Crippen LogP) is 2.33. The van der Waals surface area contributed by atoms with Gasteiger partial charge in [-0.2, -0.15) is 0 Å². The molecule has 1 aromatic carbocycles. The van der Waals surface area contributed by atoms with Crippen molar-refractivity contribution in [3.63, 3.8) is 0 Å². The Bertz CT molecular complexity index is 659. The second-order valence-corrected chi connectivity index (χ2v) is 7.56. The van der Waals surface area contributed by atoms with Crippen molar-refractivity contribution in [1.82, 2.24) is 10.6 Å². The Morgan fingerprint density at radius 2 is 1.85 bits per heavy atom. The van der Waals surface area contributed by atoms with E-state index in [2.05, 4.69) is 31.4 Å². The van der Waals surface area contributed by atoms with Gasteiger partial charge in [0.25, 0.3) is 5.91 Å². The number of hydrogen-bond donors (Lipinski definition) is 2. The standard InChI is InChI=1S/C21H30N2O4/c1-5-18-19(17(24)12-27-18)23-21(26)16(11-14(4)13(2)3)22-20(25)15-9-7-6-8-10-15/h6-10,13-14,16,18-19H,5,11-12H2,1-4H3,(H,22,25)(H,23,26)/t14?,16?,18-,19?/m0/s1. The molecule has 6 nitrogen and oxygen atoms in total. The van der Waals surface area contributed by atoms with Gasteiger partial charge in [-0.15, -0.1) is 0 Å². The molecule has 0 radical (unpaired) electrons. The van der Waals surface area contributed by atoms with Crippen molar-refractivity contribution < 1.29 is 19.1 Å². The molecule has 0 saturated carbocycles. The van der Waals surface area contributed by atoms with Crippen molar-refractivity contribution in [3.8, 4) is 0 Å². The molecule has 6 heteroatoms. The molecule has 1 heterocycles. The number of ether oxygens (including phenoxy) is 1. The third-order valence-electron chi connectivity index (χ3n) is 5.26. The van der Waals surface area contributed by atoms with E-state index in [0.29, 0.717) is 24.3 Å². The summed E-state index contributed by atoms with van der Waals surface area (Å²) in [5.41, 5.74) is 0.499. The van der Waals surface area contributed by atoms with E-state index in [1.165, 1.54) is 0 Å². The van der Waals surface area contributed by atoms with E-state index in [-0.39, 0.29) is 36.2 Å². The third-order valence-corrected chi connectivity index (χ3v) is 5.26. The first-order valence-electron chi connectivity index (χ1n) is 9.64. The van der Waals surface area contributed by atoms with Crippen LogP contribution in [0.4, 0.5) is 0 Å². The van der Waals surface area contributed by atoms with Crippen LogP contribution in [0.25, 0.3) is 0 Å². The normalized spacial score (nSPS) is 21.7. The molecule has 0 aliphatic carbocycles. The molecule has 3 unspecified atom stereocenters. The molecule has 4 atom stereocenters. The van der Waals surface area contributed by atoms with Gasteiger partial charge >= 0.3 is 0 Å². The first kappa shape index (κ1) is 21.1. The van der Waals surface area contributed by atoms with Gasteiger partial charge < -0.3 is 15.4 Å². The fraction of sp³-hybridized carbons (Fsp3) is 0.571. The lowest BCUT2D eigenvalue weighted by Gasteiger charge is -2.26. The average molecular weight is 374 g/mol. The molecule has 1 fully saturated rings. The van der Waals surface area contributed by atoms with Gasteiger partial charge in [0, 0.05) is 5.56 Å². The molecular formula is C21H30N2O4. The van der Waals surface area contributed by atoms with Gasteiger partial charge in [0.2, 0.25) is 5.91 Å². The van der Waals surface area contributed by atoms with E-state index in [4.69, 9.17) is 4.74 Å². The van der Waals surface area contributed by atoms with Gasteiger partial charge in [0.15, 0.2) is 5.78 Å². The van der Waals surface area contributed by atoms with Gasteiger partial charge in [-0.1, -0.05) is 45.9 Å². The zero-order valence-corrected chi connectivity index (χ0v) is 16.5. The minimum Gasteiger partial charge on any atom is -0.368 e. The number of Topliss-reactive ketones (excluding diaryl/α,β-unsaturated/α-hetero) is 1. The number of carbonyl (C=O) groups is 3. The van der Waals surface area contributed by atoms with E-state index < -0.39 is 12.1 Å². The fourth-order valence-corrected chi connectivity index (χ4v) is 3.07.